The van der Waals surface area contributed by atoms with Crippen LogP contribution in [0.15, 0.2) is 64.4 Å². The number of para-hydroxylation sites is 2. The third-order valence-electron chi connectivity index (χ3n) is 5.39. The standard InChI is InChI=1S/C25H23NO6S/c1-15-16(25(28)29)14-19(30-2)24(23(15)31-3)32-22(27)12-13-26-17-8-4-6-10-20(17)33-21-11-7-5-9-18(21)26/h4-11,14H,12-13H2,1-3H3,(H,28,29). The molecule has 0 fully saturated rings. The highest BCUT2D eigenvalue weighted by atomic mass is 32.2. The van der Waals surface area contributed by atoms with Gasteiger partial charge >= 0.3 is 11.9 Å². The van der Waals surface area contributed by atoms with E-state index < -0.39 is 11.9 Å². The fourth-order valence-corrected chi connectivity index (χ4v) is 4.91. The molecule has 0 bridgehead atoms. The average molecular weight is 466 g/mol. The van der Waals surface area contributed by atoms with Crippen LogP contribution in [0.4, 0.5) is 11.4 Å². The van der Waals surface area contributed by atoms with Gasteiger partial charge in [-0.3, -0.25) is 4.79 Å². The minimum atomic E-state index is -1.12. The highest BCUT2D eigenvalue weighted by Gasteiger charge is 2.26. The Hall–Kier alpha value is -3.65. The highest BCUT2D eigenvalue weighted by Crippen LogP contribution is 2.48. The number of carboxylic acid groups (broad SMARTS) is 1. The molecule has 3 aromatic rings. The van der Waals surface area contributed by atoms with E-state index in [1.54, 1.807) is 18.7 Å². The molecule has 0 aliphatic carbocycles. The number of hydrogen-bond donors (Lipinski definition) is 1. The van der Waals surface area contributed by atoms with Gasteiger partial charge < -0.3 is 24.2 Å². The number of methoxy groups -OCH3 is 2. The van der Waals surface area contributed by atoms with Gasteiger partial charge in [-0.2, -0.15) is 0 Å². The Labute approximate surface area is 195 Å². The zero-order valence-electron chi connectivity index (χ0n) is 18.5. The maximum absolute atomic E-state index is 12.9. The fourth-order valence-electron chi connectivity index (χ4n) is 3.82. The quantitative estimate of drug-likeness (QED) is 0.371. The Morgan fingerprint density at radius 3 is 2.09 bits per heavy atom. The van der Waals surface area contributed by atoms with Crippen LogP contribution in [0.1, 0.15) is 22.3 Å². The van der Waals surface area contributed by atoms with Crippen molar-refractivity contribution in [1.82, 2.24) is 0 Å². The first kappa shape index (κ1) is 22.5. The maximum atomic E-state index is 12.9. The predicted molar refractivity (Wildman–Crippen MR) is 126 cm³/mol. The van der Waals surface area contributed by atoms with Crippen LogP contribution in [-0.4, -0.2) is 37.8 Å². The molecule has 1 aliphatic heterocycles. The predicted octanol–water partition coefficient (Wildman–Crippen LogP) is 5.31. The van der Waals surface area contributed by atoms with Crippen molar-refractivity contribution in [2.45, 2.75) is 23.1 Å². The molecule has 0 saturated carbocycles. The molecule has 33 heavy (non-hydrogen) atoms. The van der Waals surface area contributed by atoms with Crippen molar-refractivity contribution in [3.05, 3.63) is 65.7 Å². The second kappa shape index (κ2) is 9.46. The first-order valence-electron chi connectivity index (χ1n) is 10.3. The van der Waals surface area contributed by atoms with Crippen molar-refractivity contribution in [3.8, 4) is 17.2 Å². The van der Waals surface area contributed by atoms with E-state index in [1.807, 2.05) is 36.4 Å². The number of carbonyl (C=O) groups is 2. The minimum absolute atomic E-state index is 0.0162. The van der Waals surface area contributed by atoms with Crippen molar-refractivity contribution >= 4 is 35.1 Å². The van der Waals surface area contributed by atoms with Crippen molar-refractivity contribution in [3.63, 3.8) is 0 Å². The number of nitrogens with zero attached hydrogens (tertiary/aromatic N) is 1. The summed E-state index contributed by atoms with van der Waals surface area (Å²) in [6.07, 6.45) is 0.0966. The molecule has 4 rings (SSSR count). The molecule has 1 heterocycles. The van der Waals surface area contributed by atoms with E-state index in [-0.39, 0.29) is 29.2 Å². The summed E-state index contributed by atoms with van der Waals surface area (Å²) in [6.45, 7) is 2.00. The van der Waals surface area contributed by atoms with E-state index in [9.17, 15) is 14.7 Å². The van der Waals surface area contributed by atoms with Crippen LogP contribution in [0.5, 0.6) is 17.2 Å². The zero-order chi connectivity index (χ0) is 23.5. The first-order chi connectivity index (χ1) is 15.9. The van der Waals surface area contributed by atoms with E-state index in [0.717, 1.165) is 21.2 Å². The molecule has 1 aliphatic rings. The Kier molecular flexibility index (Phi) is 6.46. The van der Waals surface area contributed by atoms with Crippen molar-refractivity contribution in [2.24, 2.45) is 0 Å². The van der Waals surface area contributed by atoms with Crippen LogP contribution < -0.4 is 19.1 Å². The molecule has 7 nitrogen and oxygen atoms in total. The third-order valence-corrected chi connectivity index (χ3v) is 6.52. The second-order valence-corrected chi connectivity index (χ2v) is 8.42. The van der Waals surface area contributed by atoms with Gasteiger partial charge in [-0.15, -0.1) is 0 Å². The summed E-state index contributed by atoms with van der Waals surface area (Å²) in [5, 5.41) is 9.44. The summed E-state index contributed by atoms with van der Waals surface area (Å²) in [7, 11) is 2.77. The zero-order valence-corrected chi connectivity index (χ0v) is 19.3. The SMILES string of the molecule is COc1cc(C(=O)O)c(C)c(OC)c1OC(=O)CCN1c2ccccc2Sc2ccccc21. The van der Waals surface area contributed by atoms with E-state index in [1.165, 1.54) is 20.3 Å². The Morgan fingerprint density at radius 1 is 0.939 bits per heavy atom. The number of ether oxygens (including phenoxy) is 3. The monoisotopic (exact) mass is 465 g/mol. The van der Waals surface area contributed by atoms with Crippen molar-refractivity contribution in [2.75, 3.05) is 25.7 Å². The van der Waals surface area contributed by atoms with E-state index in [4.69, 9.17) is 14.2 Å². The number of carbonyl (C=O) groups excluding carboxylic acids is 1. The van der Waals surface area contributed by atoms with Gasteiger partial charge in [0.05, 0.1) is 37.6 Å². The summed E-state index contributed by atoms with van der Waals surface area (Å²) in [6, 6.07) is 17.4. The minimum Gasteiger partial charge on any atom is -0.493 e. The number of benzene rings is 3. The van der Waals surface area contributed by atoms with Crippen molar-refractivity contribution < 1.29 is 28.9 Å². The molecule has 170 valence electrons. The number of fused-ring (bicyclic) bond motifs is 2. The summed E-state index contributed by atoms with van der Waals surface area (Å²) >= 11 is 1.70. The van der Waals surface area contributed by atoms with E-state index in [0.29, 0.717) is 12.1 Å². The molecule has 3 aromatic carbocycles. The molecule has 1 N–H and O–H groups in total. The van der Waals surface area contributed by atoms with Gasteiger partial charge in [0.1, 0.15) is 0 Å². The van der Waals surface area contributed by atoms with Gasteiger partial charge in [0.2, 0.25) is 5.75 Å². The Balaban J connectivity index is 1.58. The van der Waals surface area contributed by atoms with E-state index >= 15 is 0 Å². The molecule has 0 atom stereocenters. The number of carboxylic acids is 1. The maximum Gasteiger partial charge on any atom is 0.336 e. The second-order valence-electron chi connectivity index (χ2n) is 7.33. The van der Waals surface area contributed by atoms with Crippen LogP contribution in [0.25, 0.3) is 0 Å². The number of aromatic carboxylic acids is 1. The summed E-state index contributed by atoms with van der Waals surface area (Å²) < 4.78 is 16.3. The van der Waals surface area contributed by atoms with Crippen LogP contribution >= 0.6 is 11.8 Å². The molecule has 0 unspecified atom stereocenters. The average Bonchev–Trinajstić information content (AvgIpc) is 2.81. The van der Waals surface area contributed by atoms with Gasteiger partial charge in [-0.1, -0.05) is 36.0 Å². The van der Waals surface area contributed by atoms with Crippen LogP contribution in [0.2, 0.25) is 0 Å². The smallest absolute Gasteiger partial charge is 0.336 e. The normalized spacial score (nSPS) is 11.9. The van der Waals surface area contributed by atoms with Gasteiger partial charge in [-0.05, 0) is 37.3 Å². The third kappa shape index (κ3) is 4.34. The van der Waals surface area contributed by atoms with Crippen LogP contribution in [-0.2, 0) is 4.79 Å². The molecule has 0 aromatic heterocycles. The van der Waals surface area contributed by atoms with Gasteiger partial charge in [0.25, 0.3) is 0 Å². The molecular weight excluding hydrogens is 442 g/mol. The lowest BCUT2D eigenvalue weighted by molar-refractivity contribution is -0.134. The number of esters is 1. The van der Waals surface area contributed by atoms with Gasteiger partial charge in [0, 0.05) is 21.9 Å². The fraction of sp³-hybridized carbons (Fsp3) is 0.200. The highest BCUT2D eigenvalue weighted by molar-refractivity contribution is 7.99. The van der Waals surface area contributed by atoms with Crippen LogP contribution in [0, 0.1) is 6.92 Å². The number of rotatable bonds is 7. The summed E-state index contributed by atoms with van der Waals surface area (Å²) in [5.74, 6) is -1.26. The Morgan fingerprint density at radius 2 is 1.55 bits per heavy atom. The number of hydrogen-bond acceptors (Lipinski definition) is 7. The molecule has 0 amide bonds. The van der Waals surface area contributed by atoms with Gasteiger partial charge in [-0.25, -0.2) is 4.79 Å². The lowest BCUT2D eigenvalue weighted by Crippen LogP contribution is -2.25. The number of anilines is 2. The molecule has 0 saturated heterocycles. The first-order valence-corrected chi connectivity index (χ1v) is 11.1. The van der Waals surface area contributed by atoms with E-state index in [2.05, 4.69) is 17.0 Å². The largest absolute Gasteiger partial charge is 0.493 e. The van der Waals surface area contributed by atoms with Gasteiger partial charge in [0.15, 0.2) is 11.5 Å². The van der Waals surface area contributed by atoms with Crippen molar-refractivity contribution in [1.29, 1.82) is 0 Å². The Bertz CT molecular complexity index is 1180. The lowest BCUT2D eigenvalue weighted by Gasteiger charge is -2.32. The molecule has 8 heteroatoms. The molecular formula is C25H23NO6S. The summed E-state index contributed by atoms with van der Waals surface area (Å²) in [5.41, 5.74) is 2.43. The summed E-state index contributed by atoms with van der Waals surface area (Å²) in [4.78, 5) is 28.8. The van der Waals surface area contributed by atoms with Crippen LogP contribution in [0.3, 0.4) is 0 Å². The molecule has 0 spiro atoms. The molecule has 0 radical (unpaired) electrons. The lowest BCUT2D eigenvalue weighted by atomic mass is 10.1. The topological polar surface area (TPSA) is 85.3 Å².